The maximum Gasteiger partial charge on any atom is 0.126 e. The van der Waals surface area contributed by atoms with E-state index in [2.05, 4.69) is 6.07 Å². The Kier molecular flexibility index (Phi) is 2.59. The summed E-state index contributed by atoms with van der Waals surface area (Å²) in [4.78, 5) is 0. The highest BCUT2D eigenvalue weighted by Crippen LogP contribution is 2.50. The second kappa shape index (κ2) is 3.90. The van der Waals surface area contributed by atoms with Crippen molar-refractivity contribution in [2.75, 3.05) is 7.11 Å². The van der Waals surface area contributed by atoms with Crippen molar-refractivity contribution >= 4 is 0 Å². The summed E-state index contributed by atoms with van der Waals surface area (Å²) in [7, 11) is 1.57. The van der Waals surface area contributed by atoms with E-state index in [0.717, 1.165) is 6.42 Å². The van der Waals surface area contributed by atoms with Crippen molar-refractivity contribution in [3.8, 4) is 11.8 Å². The van der Waals surface area contributed by atoms with E-state index in [1.165, 1.54) is 6.07 Å². The zero-order chi connectivity index (χ0) is 10.8. The highest BCUT2D eigenvalue weighted by Gasteiger charge is 2.39. The molecule has 2 atom stereocenters. The van der Waals surface area contributed by atoms with Crippen LogP contribution in [0.25, 0.3) is 0 Å². The number of halogens is 1. The Morgan fingerprint density at radius 3 is 3.07 bits per heavy atom. The minimum atomic E-state index is -0.193. The number of methoxy groups -OCH3 is 1. The van der Waals surface area contributed by atoms with E-state index in [4.69, 9.17) is 10.00 Å². The molecule has 0 N–H and O–H groups in total. The van der Waals surface area contributed by atoms with Gasteiger partial charge < -0.3 is 4.74 Å². The molecule has 0 aromatic heterocycles. The summed E-state index contributed by atoms with van der Waals surface area (Å²) in [6.07, 6.45) is 1.43. The molecule has 1 aliphatic carbocycles. The van der Waals surface area contributed by atoms with E-state index >= 15 is 0 Å². The minimum Gasteiger partial charge on any atom is -0.497 e. The normalized spacial score (nSPS) is 23.3. The van der Waals surface area contributed by atoms with Gasteiger partial charge in [0.05, 0.1) is 13.2 Å². The van der Waals surface area contributed by atoms with Crippen LogP contribution in [-0.2, 0) is 0 Å². The van der Waals surface area contributed by atoms with Gasteiger partial charge >= 0.3 is 0 Å². The second-order valence-corrected chi connectivity index (χ2v) is 3.85. The third-order valence-corrected chi connectivity index (χ3v) is 2.88. The minimum absolute atomic E-state index is 0.193. The molecule has 0 unspecified atom stereocenters. The summed E-state index contributed by atoms with van der Waals surface area (Å²) in [5, 5.41) is 8.54. The quantitative estimate of drug-likeness (QED) is 0.760. The van der Waals surface area contributed by atoms with Gasteiger partial charge in [-0.3, -0.25) is 0 Å². The zero-order valence-corrected chi connectivity index (χ0v) is 8.53. The lowest BCUT2D eigenvalue weighted by Crippen LogP contribution is -1.91. The Bertz CT molecular complexity index is 411. The van der Waals surface area contributed by atoms with E-state index < -0.39 is 0 Å². The van der Waals surface area contributed by atoms with Crippen molar-refractivity contribution in [2.45, 2.75) is 18.8 Å². The van der Waals surface area contributed by atoms with Crippen molar-refractivity contribution in [1.29, 1.82) is 5.26 Å². The maximum absolute atomic E-state index is 13.5. The lowest BCUT2D eigenvalue weighted by atomic mass is 10.1. The van der Waals surface area contributed by atoms with Crippen molar-refractivity contribution in [3.63, 3.8) is 0 Å². The summed E-state index contributed by atoms with van der Waals surface area (Å²) in [6, 6.07) is 6.90. The van der Waals surface area contributed by atoms with Gasteiger partial charge in [-0.1, -0.05) is 0 Å². The second-order valence-electron chi connectivity index (χ2n) is 3.85. The molecule has 1 aromatic rings. The summed E-state index contributed by atoms with van der Waals surface area (Å²) in [5.74, 6) is 1.02. The first-order chi connectivity index (χ1) is 7.26. The average Bonchev–Trinajstić information content (AvgIpc) is 2.99. The van der Waals surface area contributed by atoms with Crippen molar-refractivity contribution in [3.05, 3.63) is 29.6 Å². The molecule has 2 nitrogen and oxygen atoms in total. The van der Waals surface area contributed by atoms with Crippen LogP contribution in [0.5, 0.6) is 5.75 Å². The first-order valence-corrected chi connectivity index (χ1v) is 4.96. The van der Waals surface area contributed by atoms with Gasteiger partial charge in [-0.05, 0) is 42.0 Å². The number of nitriles is 1. The smallest absolute Gasteiger partial charge is 0.126 e. The molecule has 0 amide bonds. The summed E-state index contributed by atoms with van der Waals surface area (Å²) in [6.45, 7) is 0. The fourth-order valence-electron chi connectivity index (χ4n) is 1.90. The molecule has 15 heavy (non-hydrogen) atoms. The van der Waals surface area contributed by atoms with Crippen LogP contribution >= 0.6 is 0 Å². The third kappa shape index (κ3) is 1.94. The van der Waals surface area contributed by atoms with Crippen LogP contribution in [0.15, 0.2) is 18.2 Å². The SMILES string of the molecule is COc1ccc(F)c([C@H]2C[C@@H]2CC#N)c1. The van der Waals surface area contributed by atoms with Crippen molar-refractivity contribution in [2.24, 2.45) is 5.92 Å². The highest BCUT2D eigenvalue weighted by molar-refractivity contribution is 5.35. The van der Waals surface area contributed by atoms with Crippen LogP contribution in [0.2, 0.25) is 0 Å². The van der Waals surface area contributed by atoms with Gasteiger partial charge in [0, 0.05) is 6.42 Å². The fourth-order valence-corrected chi connectivity index (χ4v) is 1.90. The first-order valence-electron chi connectivity index (χ1n) is 4.96. The fraction of sp³-hybridized carbons (Fsp3) is 0.417. The van der Waals surface area contributed by atoms with E-state index in [9.17, 15) is 4.39 Å². The van der Waals surface area contributed by atoms with Crippen LogP contribution in [-0.4, -0.2) is 7.11 Å². The zero-order valence-electron chi connectivity index (χ0n) is 8.53. The van der Waals surface area contributed by atoms with Gasteiger partial charge in [0.15, 0.2) is 0 Å². The molecule has 0 heterocycles. The number of hydrogen-bond donors (Lipinski definition) is 0. The molecule has 78 valence electrons. The lowest BCUT2D eigenvalue weighted by molar-refractivity contribution is 0.412. The molecule has 1 aliphatic rings. The monoisotopic (exact) mass is 205 g/mol. The summed E-state index contributed by atoms with van der Waals surface area (Å²) < 4.78 is 18.5. The molecule has 2 rings (SSSR count). The predicted octanol–water partition coefficient (Wildman–Crippen LogP) is 2.85. The Balaban J connectivity index is 2.19. The standard InChI is InChI=1S/C12H12FNO/c1-15-9-2-3-12(13)11(7-9)10-6-8(10)4-5-14/h2-3,7-8,10H,4,6H2,1H3/t8-,10-/m0/s1. The number of ether oxygens (including phenoxy) is 1. The van der Waals surface area contributed by atoms with Crippen LogP contribution < -0.4 is 4.74 Å². The molecule has 3 heteroatoms. The lowest BCUT2D eigenvalue weighted by Gasteiger charge is -2.04. The Morgan fingerprint density at radius 1 is 1.60 bits per heavy atom. The average molecular weight is 205 g/mol. The Hall–Kier alpha value is -1.56. The van der Waals surface area contributed by atoms with Crippen LogP contribution in [0.4, 0.5) is 4.39 Å². The topological polar surface area (TPSA) is 33.0 Å². The van der Waals surface area contributed by atoms with Gasteiger partial charge in [-0.15, -0.1) is 0 Å². The molecular weight excluding hydrogens is 193 g/mol. The van der Waals surface area contributed by atoms with E-state index in [0.29, 0.717) is 23.7 Å². The molecule has 0 saturated heterocycles. The molecule has 1 saturated carbocycles. The van der Waals surface area contributed by atoms with Gasteiger partial charge in [-0.2, -0.15) is 5.26 Å². The molecule has 1 aromatic carbocycles. The van der Waals surface area contributed by atoms with E-state index in [1.807, 2.05) is 0 Å². The molecular formula is C12H12FNO. The van der Waals surface area contributed by atoms with Gasteiger partial charge in [0.2, 0.25) is 0 Å². The molecule has 0 spiro atoms. The van der Waals surface area contributed by atoms with E-state index in [1.54, 1.807) is 19.2 Å². The number of benzene rings is 1. The van der Waals surface area contributed by atoms with Crippen molar-refractivity contribution in [1.82, 2.24) is 0 Å². The highest BCUT2D eigenvalue weighted by atomic mass is 19.1. The van der Waals surface area contributed by atoms with Crippen LogP contribution in [0, 0.1) is 23.1 Å². The maximum atomic E-state index is 13.5. The number of rotatable bonds is 3. The van der Waals surface area contributed by atoms with Gasteiger partial charge in [0.25, 0.3) is 0 Å². The molecule has 0 bridgehead atoms. The van der Waals surface area contributed by atoms with Gasteiger partial charge in [0.1, 0.15) is 11.6 Å². The molecule has 0 aliphatic heterocycles. The Morgan fingerprint density at radius 2 is 2.40 bits per heavy atom. The number of nitrogens with zero attached hydrogens (tertiary/aromatic N) is 1. The van der Waals surface area contributed by atoms with Gasteiger partial charge in [-0.25, -0.2) is 4.39 Å². The number of hydrogen-bond acceptors (Lipinski definition) is 2. The summed E-state index contributed by atoms with van der Waals surface area (Å²) in [5.41, 5.74) is 0.689. The van der Waals surface area contributed by atoms with Crippen LogP contribution in [0.3, 0.4) is 0 Å². The predicted molar refractivity (Wildman–Crippen MR) is 54.0 cm³/mol. The molecule has 1 fully saturated rings. The van der Waals surface area contributed by atoms with Crippen LogP contribution in [0.1, 0.15) is 24.3 Å². The first kappa shape index (κ1) is 9.97. The van der Waals surface area contributed by atoms with E-state index in [-0.39, 0.29) is 11.7 Å². The Labute approximate surface area is 88.3 Å². The third-order valence-electron chi connectivity index (χ3n) is 2.88. The van der Waals surface area contributed by atoms with Crippen molar-refractivity contribution < 1.29 is 9.13 Å². The largest absolute Gasteiger partial charge is 0.497 e. The molecule has 0 radical (unpaired) electrons. The summed E-state index contributed by atoms with van der Waals surface area (Å²) >= 11 is 0.